The van der Waals surface area contributed by atoms with Crippen LogP contribution in [0.15, 0.2) is 47.4 Å². The number of anilines is 2. The molecule has 160 valence electrons. The number of nitrogens with one attached hydrogen (secondary N) is 2. The third kappa shape index (κ3) is 5.50. The summed E-state index contributed by atoms with van der Waals surface area (Å²) in [7, 11) is -3.57. The summed E-state index contributed by atoms with van der Waals surface area (Å²) in [5.41, 5.74) is 1.16. The summed E-state index contributed by atoms with van der Waals surface area (Å²) in [5, 5.41) is 5.41. The number of hydrogen-bond donors (Lipinski definition) is 2. The largest absolute Gasteiger partial charge is 0.482 e. The van der Waals surface area contributed by atoms with Crippen molar-refractivity contribution in [2.45, 2.75) is 24.7 Å². The summed E-state index contributed by atoms with van der Waals surface area (Å²) in [6.45, 7) is 2.12. The minimum atomic E-state index is -3.57. The summed E-state index contributed by atoms with van der Waals surface area (Å²) >= 11 is 6.17. The fourth-order valence-corrected chi connectivity index (χ4v) is 4.86. The second-order valence-corrected chi connectivity index (χ2v) is 9.14. The summed E-state index contributed by atoms with van der Waals surface area (Å²) < 4.78 is 32.0. The van der Waals surface area contributed by atoms with Crippen molar-refractivity contribution >= 4 is 44.8 Å². The van der Waals surface area contributed by atoms with Crippen LogP contribution in [0.3, 0.4) is 0 Å². The van der Waals surface area contributed by atoms with Gasteiger partial charge in [0, 0.05) is 31.4 Å². The summed E-state index contributed by atoms with van der Waals surface area (Å²) in [6, 6.07) is 10.8. The molecule has 8 nitrogen and oxygen atoms in total. The van der Waals surface area contributed by atoms with Crippen LogP contribution in [-0.4, -0.2) is 44.2 Å². The van der Waals surface area contributed by atoms with Crippen LogP contribution in [0, 0.1) is 0 Å². The summed E-state index contributed by atoms with van der Waals surface area (Å²) in [6.07, 6.45) is 1.69. The molecule has 1 saturated heterocycles. The van der Waals surface area contributed by atoms with Gasteiger partial charge in [0.25, 0.3) is 5.91 Å². The Hall–Kier alpha value is -2.62. The van der Waals surface area contributed by atoms with E-state index in [2.05, 4.69) is 10.6 Å². The second kappa shape index (κ2) is 9.46. The lowest BCUT2D eigenvalue weighted by Gasteiger charge is -2.16. The smallest absolute Gasteiger partial charge is 0.262 e. The van der Waals surface area contributed by atoms with E-state index in [1.807, 2.05) is 0 Å². The van der Waals surface area contributed by atoms with Crippen LogP contribution >= 0.6 is 11.6 Å². The molecule has 1 fully saturated rings. The van der Waals surface area contributed by atoms with Crippen molar-refractivity contribution in [1.82, 2.24) is 4.31 Å². The van der Waals surface area contributed by atoms with Crippen LogP contribution in [0.2, 0.25) is 5.02 Å². The minimum absolute atomic E-state index is 0.102. The molecule has 2 aromatic carbocycles. The average Bonchev–Trinajstić information content (AvgIpc) is 3.24. The molecule has 0 spiro atoms. The molecule has 1 aliphatic rings. The molecule has 1 heterocycles. The summed E-state index contributed by atoms with van der Waals surface area (Å²) in [4.78, 5) is 23.2. The highest BCUT2D eigenvalue weighted by Crippen LogP contribution is 2.30. The monoisotopic (exact) mass is 451 g/mol. The fourth-order valence-electron chi connectivity index (χ4n) is 3.02. The molecule has 10 heteroatoms. The zero-order valence-electron chi connectivity index (χ0n) is 16.4. The van der Waals surface area contributed by atoms with Crippen molar-refractivity contribution in [2.75, 3.05) is 30.3 Å². The molecule has 3 rings (SSSR count). The fraction of sp³-hybridized carbons (Fsp3) is 0.300. The van der Waals surface area contributed by atoms with E-state index in [-0.39, 0.29) is 28.2 Å². The van der Waals surface area contributed by atoms with Gasteiger partial charge in [0.2, 0.25) is 15.9 Å². The van der Waals surface area contributed by atoms with Gasteiger partial charge < -0.3 is 15.4 Å². The van der Waals surface area contributed by atoms with E-state index in [1.165, 1.54) is 29.4 Å². The Kier molecular flexibility index (Phi) is 6.96. The highest BCUT2D eigenvalue weighted by molar-refractivity contribution is 7.89. The lowest BCUT2D eigenvalue weighted by atomic mass is 10.2. The molecule has 0 aliphatic carbocycles. The standard InChI is InChI=1S/C20H22ClN3O5S/c1-14(25)22-15-4-6-16(7-5-15)23-20(26)13-29-19-9-8-17(12-18(19)21)30(27,28)24-10-2-3-11-24/h4-9,12H,2-3,10-11,13H2,1H3,(H,22,25)(H,23,26). The summed E-state index contributed by atoms with van der Waals surface area (Å²) in [5.74, 6) is -0.378. The zero-order valence-corrected chi connectivity index (χ0v) is 17.9. The van der Waals surface area contributed by atoms with E-state index in [1.54, 1.807) is 24.3 Å². The quantitative estimate of drug-likeness (QED) is 0.673. The van der Waals surface area contributed by atoms with Crippen molar-refractivity contribution in [1.29, 1.82) is 0 Å². The minimum Gasteiger partial charge on any atom is -0.482 e. The van der Waals surface area contributed by atoms with Gasteiger partial charge in [-0.25, -0.2) is 8.42 Å². The van der Waals surface area contributed by atoms with Crippen molar-refractivity contribution in [3.63, 3.8) is 0 Å². The first-order valence-electron chi connectivity index (χ1n) is 9.36. The second-order valence-electron chi connectivity index (χ2n) is 6.80. The molecule has 0 radical (unpaired) electrons. The van der Waals surface area contributed by atoms with E-state index in [4.69, 9.17) is 16.3 Å². The SMILES string of the molecule is CC(=O)Nc1ccc(NC(=O)COc2ccc(S(=O)(=O)N3CCCC3)cc2Cl)cc1. The molecular weight excluding hydrogens is 430 g/mol. The number of hydrogen-bond acceptors (Lipinski definition) is 5. The van der Waals surface area contributed by atoms with Gasteiger partial charge in [0.15, 0.2) is 6.61 Å². The van der Waals surface area contributed by atoms with E-state index in [9.17, 15) is 18.0 Å². The van der Waals surface area contributed by atoms with Gasteiger partial charge in [-0.2, -0.15) is 4.31 Å². The topological polar surface area (TPSA) is 105 Å². The van der Waals surface area contributed by atoms with Gasteiger partial charge in [-0.15, -0.1) is 0 Å². The third-order valence-electron chi connectivity index (χ3n) is 4.45. The maximum atomic E-state index is 12.6. The Bertz CT molecular complexity index is 1030. The molecule has 0 atom stereocenters. The molecule has 0 bridgehead atoms. The van der Waals surface area contributed by atoms with E-state index in [0.717, 1.165) is 12.8 Å². The Morgan fingerprint density at radius 3 is 2.20 bits per heavy atom. The third-order valence-corrected chi connectivity index (χ3v) is 6.64. The van der Waals surface area contributed by atoms with Gasteiger partial charge in [-0.3, -0.25) is 9.59 Å². The molecule has 30 heavy (non-hydrogen) atoms. The van der Waals surface area contributed by atoms with Crippen molar-refractivity contribution in [3.05, 3.63) is 47.5 Å². The number of nitrogens with zero attached hydrogens (tertiary/aromatic N) is 1. The first-order valence-corrected chi connectivity index (χ1v) is 11.2. The molecule has 2 aromatic rings. The number of amides is 2. The maximum Gasteiger partial charge on any atom is 0.262 e. The first kappa shape index (κ1) is 22.1. The van der Waals surface area contributed by atoms with Gasteiger partial charge >= 0.3 is 0 Å². The molecule has 0 unspecified atom stereocenters. The average molecular weight is 452 g/mol. The highest BCUT2D eigenvalue weighted by atomic mass is 35.5. The van der Waals surface area contributed by atoms with Crippen LogP contribution in [0.1, 0.15) is 19.8 Å². The van der Waals surface area contributed by atoms with Crippen LogP contribution < -0.4 is 15.4 Å². The van der Waals surface area contributed by atoms with Crippen molar-refractivity contribution in [2.24, 2.45) is 0 Å². The number of halogens is 1. The van der Waals surface area contributed by atoms with Gasteiger partial charge in [0.05, 0.1) is 9.92 Å². The van der Waals surface area contributed by atoms with Crippen molar-refractivity contribution < 1.29 is 22.7 Å². The van der Waals surface area contributed by atoms with Gasteiger partial charge in [0.1, 0.15) is 5.75 Å². The predicted molar refractivity (Wildman–Crippen MR) is 114 cm³/mol. The predicted octanol–water partition coefficient (Wildman–Crippen LogP) is 3.10. The molecular formula is C20H22ClN3O5S. The number of benzene rings is 2. The van der Waals surface area contributed by atoms with Crippen LogP contribution in [0.5, 0.6) is 5.75 Å². The normalized spacial score (nSPS) is 14.3. The number of carbonyl (C=O) groups is 2. The molecule has 2 amide bonds. The van der Waals surface area contributed by atoms with E-state index in [0.29, 0.717) is 24.5 Å². The van der Waals surface area contributed by atoms with Gasteiger partial charge in [-0.05, 0) is 55.3 Å². The maximum absolute atomic E-state index is 12.6. The Labute approximate surface area is 180 Å². The molecule has 0 aromatic heterocycles. The number of carbonyl (C=O) groups excluding carboxylic acids is 2. The van der Waals surface area contributed by atoms with Crippen LogP contribution in [0.4, 0.5) is 11.4 Å². The van der Waals surface area contributed by atoms with Crippen LogP contribution in [0.25, 0.3) is 0 Å². The zero-order chi connectivity index (χ0) is 21.7. The molecule has 0 saturated carbocycles. The Morgan fingerprint density at radius 2 is 1.63 bits per heavy atom. The molecule has 1 aliphatic heterocycles. The van der Waals surface area contributed by atoms with Crippen LogP contribution in [-0.2, 0) is 19.6 Å². The van der Waals surface area contributed by atoms with E-state index >= 15 is 0 Å². The Morgan fingerprint density at radius 1 is 1.03 bits per heavy atom. The lowest BCUT2D eigenvalue weighted by Crippen LogP contribution is -2.27. The number of ether oxygens (including phenoxy) is 1. The van der Waals surface area contributed by atoms with Crippen molar-refractivity contribution in [3.8, 4) is 5.75 Å². The van der Waals surface area contributed by atoms with E-state index < -0.39 is 15.9 Å². The molecule has 2 N–H and O–H groups in total. The highest BCUT2D eigenvalue weighted by Gasteiger charge is 2.27. The Balaban J connectivity index is 1.57. The van der Waals surface area contributed by atoms with Gasteiger partial charge in [-0.1, -0.05) is 11.6 Å². The number of sulfonamides is 1. The first-order chi connectivity index (χ1) is 14.3. The lowest BCUT2D eigenvalue weighted by molar-refractivity contribution is -0.118. The number of rotatable bonds is 7.